The van der Waals surface area contributed by atoms with Gasteiger partial charge >= 0.3 is 6.03 Å². The molecule has 2 saturated heterocycles. The number of amides is 2. The van der Waals surface area contributed by atoms with E-state index in [0.717, 1.165) is 50.9 Å². The van der Waals surface area contributed by atoms with Crippen molar-refractivity contribution >= 4 is 11.8 Å². The number of hydrogen-bond donors (Lipinski definition) is 0. The van der Waals surface area contributed by atoms with Crippen LogP contribution in [0.25, 0.3) is 0 Å². The van der Waals surface area contributed by atoms with Gasteiger partial charge < -0.3 is 9.80 Å². The van der Waals surface area contributed by atoms with E-state index in [4.69, 9.17) is 0 Å². The average molecular weight is 369 g/mol. The quantitative estimate of drug-likeness (QED) is 0.689. The number of ketones is 1. The Kier molecular flexibility index (Phi) is 4.36. The van der Waals surface area contributed by atoms with Crippen molar-refractivity contribution < 1.29 is 9.59 Å². The number of likely N-dealkylation sites (tertiary alicyclic amines) is 2. The number of Topliss-reactive ketones (excluding diaryl/α,β-unsaturated/α-hetero) is 1. The SMILES string of the molecule is CC(=O)c1ccc2c(c1)[C@@]1(C)CCN(C(=O)N3CCCCC3)[C@@H](C2)C1(C)C. The summed E-state index contributed by atoms with van der Waals surface area (Å²) in [5.41, 5.74) is 3.38. The first-order chi connectivity index (χ1) is 12.8. The number of piperidine rings is 2. The first-order valence-corrected chi connectivity index (χ1v) is 10.5. The molecular formula is C23H32N2O2. The molecule has 2 fully saturated rings. The Labute approximate surface area is 162 Å². The minimum atomic E-state index is -0.0287. The van der Waals surface area contributed by atoms with E-state index >= 15 is 0 Å². The molecule has 27 heavy (non-hydrogen) atoms. The molecule has 1 aromatic carbocycles. The first kappa shape index (κ1) is 18.5. The number of hydrogen-bond acceptors (Lipinski definition) is 2. The highest BCUT2D eigenvalue weighted by Gasteiger charge is 2.57. The highest BCUT2D eigenvalue weighted by molar-refractivity contribution is 5.94. The lowest BCUT2D eigenvalue weighted by Crippen LogP contribution is -2.66. The third-order valence-electron chi connectivity index (χ3n) is 7.88. The zero-order chi connectivity index (χ0) is 19.4. The zero-order valence-electron chi connectivity index (χ0n) is 17.2. The molecule has 0 N–H and O–H groups in total. The van der Waals surface area contributed by atoms with Crippen LogP contribution in [0.4, 0.5) is 4.79 Å². The van der Waals surface area contributed by atoms with E-state index in [1.807, 2.05) is 6.07 Å². The maximum absolute atomic E-state index is 13.3. The molecule has 0 unspecified atom stereocenters. The Bertz CT molecular complexity index is 779. The second-order valence-electron chi connectivity index (χ2n) is 9.48. The molecule has 0 spiro atoms. The van der Waals surface area contributed by atoms with Crippen molar-refractivity contribution in [1.82, 2.24) is 9.80 Å². The largest absolute Gasteiger partial charge is 0.325 e. The van der Waals surface area contributed by atoms with Gasteiger partial charge in [-0.2, -0.15) is 0 Å². The molecule has 2 heterocycles. The molecule has 1 aromatic rings. The standard InChI is InChI=1S/C23H32N2O2/c1-16(26)17-8-9-18-15-20-22(2,3)23(4,19(18)14-17)10-13-25(20)21(27)24-11-6-5-7-12-24/h8-9,14,20H,5-7,10-13,15H2,1-4H3/t20-,23+/m0/s1. The van der Waals surface area contributed by atoms with Crippen LogP contribution in [0.1, 0.15) is 74.9 Å². The number of fused-ring (bicyclic) bond motifs is 4. The lowest BCUT2D eigenvalue weighted by atomic mass is 9.51. The summed E-state index contributed by atoms with van der Waals surface area (Å²) in [5, 5.41) is 0. The predicted octanol–water partition coefficient (Wildman–Crippen LogP) is 4.41. The number of benzene rings is 1. The minimum absolute atomic E-state index is 0.0185. The van der Waals surface area contributed by atoms with E-state index in [0.29, 0.717) is 0 Å². The number of carbonyl (C=O) groups is 2. The fourth-order valence-electron chi connectivity index (χ4n) is 5.62. The van der Waals surface area contributed by atoms with Gasteiger partial charge in [-0.1, -0.05) is 32.9 Å². The predicted molar refractivity (Wildman–Crippen MR) is 107 cm³/mol. The minimum Gasteiger partial charge on any atom is -0.325 e. The maximum Gasteiger partial charge on any atom is 0.320 e. The molecule has 0 radical (unpaired) electrons. The van der Waals surface area contributed by atoms with Crippen LogP contribution in [-0.4, -0.2) is 47.3 Å². The van der Waals surface area contributed by atoms with Gasteiger partial charge in [-0.3, -0.25) is 4.79 Å². The first-order valence-electron chi connectivity index (χ1n) is 10.5. The van der Waals surface area contributed by atoms with Crippen molar-refractivity contribution in [3.05, 3.63) is 34.9 Å². The molecular weight excluding hydrogens is 336 g/mol. The van der Waals surface area contributed by atoms with Gasteiger partial charge in [0.05, 0.1) is 0 Å². The second-order valence-corrected chi connectivity index (χ2v) is 9.48. The van der Waals surface area contributed by atoms with E-state index in [9.17, 15) is 9.59 Å². The van der Waals surface area contributed by atoms with Gasteiger partial charge in [-0.15, -0.1) is 0 Å². The summed E-state index contributed by atoms with van der Waals surface area (Å²) in [5.74, 6) is 0.124. The van der Waals surface area contributed by atoms with Crippen molar-refractivity contribution in [3.63, 3.8) is 0 Å². The van der Waals surface area contributed by atoms with Crippen LogP contribution in [0, 0.1) is 5.41 Å². The Hall–Kier alpha value is -1.84. The van der Waals surface area contributed by atoms with Gasteiger partial charge in [-0.05, 0) is 61.6 Å². The van der Waals surface area contributed by atoms with E-state index in [1.54, 1.807) is 6.92 Å². The number of carbonyl (C=O) groups excluding carboxylic acids is 2. The maximum atomic E-state index is 13.3. The molecule has 1 aliphatic carbocycles. The average Bonchev–Trinajstić information content (AvgIpc) is 2.64. The van der Waals surface area contributed by atoms with Crippen molar-refractivity contribution in [3.8, 4) is 0 Å². The third-order valence-corrected chi connectivity index (χ3v) is 7.88. The molecule has 146 valence electrons. The van der Waals surface area contributed by atoms with Crippen LogP contribution in [0.15, 0.2) is 18.2 Å². The lowest BCUT2D eigenvalue weighted by molar-refractivity contribution is -0.0242. The normalized spacial score (nSPS) is 29.3. The Morgan fingerprint density at radius 3 is 2.41 bits per heavy atom. The summed E-state index contributed by atoms with van der Waals surface area (Å²) in [6, 6.07) is 6.65. The summed E-state index contributed by atoms with van der Waals surface area (Å²) in [6.07, 6.45) is 5.33. The van der Waals surface area contributed by atoms with Crippen molar-refractivity contribution in [2.75, 3.05) is 19.6 Å². The van der Waals surface area contributed by atoms with Gasteiger partial charge in [0.15, 0.2) is 5.78 Å². The van der Waals surface area contributed by atoms with E-state index < -0.39 is 0 Å². The van der Waals surface area contributed by atoms with E-state index in [1.165, 1.54) is 17.5 Å². The third kappa shape index (κ3) is 2.71. The number of nitrogens with zero attached hydrogens (tertiary/aromatic N) is 2. The highest BCUT2D eigenvalue weighted by atomic mass is 16.2. The molecule has 2 amide bonds. The van der Waals surface area contributed by atoms with Crippen LogP contribution < -0.4 is 0 Å². The van der Waals surface area contributed by atoms with Gasteiger partial charge in [0.25, 0.3) is 0 Å². The lowest BCUT2D eigenvalue weighted by Gasteiger charge is -2.61. The molecule has 2 aliphatic heterocycles. The van der Waals surface area contributed by atoms with Crippen LogP contribution in [0.3, 0.4) is 0 Å². The van der Waals surface area contributed by atoms with Crippen molar-refractivity contribution in [2.45, 2.75) is 71.3 Å². The van der Waals surface area contributed by atoms with Gasteiger partial charge in [-0.25, -0.2) is 4.79 Å². The topological polar surface area (TPSA) is 40.6 Å². The summed E-state index contributed by atoms with van der Waals surface area (Å²) >= 11 is 0. The zero-order valence-corrected chi connectivity index (χ0v) is 17.2. The monoisotopic (exact) mass is 368 g/mol. The fraction of sp³-hybridized carbons (Fsp3) is 0.652. The van der Waals surface area contributed by atoms with Crippen molar-refractivity contribution in [1.29, 1.82) is 0 Å². The molecule has 4 heteroatoms. The molecule has 2 atom stereocenters. The van der Waals surface area contributed by atoms with Crippen LogP contribution in [0.2, 0.25) is 0 Å². The molecule has 4 nitrogen and oxygen atoms in total. The summed E-state index contributed by atoms with van der Waals surface area (Å²) in [4.78, 5) is 29.5. The highest BCUT2D eigenvalue weighted by Crippen LogP contribution is 2.56. The molecule has 3 aliphatic rings. The fourth-order valence-corrected chi connectivity index (χ4v) is 5.62. The number of urea groups is 1. The second kappa shape index (κ2) is 6.35. The number of rotatable bonds is 1. The summed E-state index contributed by atoms with van der Waals surface area (Å²) in [7, 11) is 0. The Morgan fingerprint density at radius 1 is 1.04 bits per heavy atom. The molecule has 0 saturated carbocycles. The van der Waals surface area contributed by atoms with Crippen LogP contribution in [-0.2, 0) is 11.8 Å². The molecule has 0 aromatic heterocycles. The van der Waals surface area contributed by atoms with E-state index in [2.05, 4.69) is 42.7 Å². The van der Waals surface area contributed by atoms with Gasteiger partial charge in [0.2, 0.25) is 0 Å². The van der Waals surface area contributed by atoms with Crippen LogP contribution in [0.5, 0.6) is 0 Å². The van der Waals surface area contributed by atoms with Crippen molar-refractivity contribution in [2.24, 2.45) is 5.41 Å². The summed E-state index contributed by atoms with van der Waals surface area (Å²) in [6.45, 7) is 11.2. The smallest absolute Gasteiger partial charge is 0.320 e. The molecule has 2 bridgehead atoms. The van der Waals surface area contributed by atoms with Gasteiger partial charge in [0.1, 0.15) is 0 Å². The Morgan fingerprint density at radius 2 is 1.74 bits per heavy atom. The Balaban J connectivity index is 1.71. The van der Waals surface area contributed by atoms with Crippen LogP contribution >= 0.6 is 0 Å². The van der Waals surface area contributed by atoms with Gasteiger partial charge in [0, 0.05) is 36.7 Å². The summed E-state index contributed by atoms with van der Waals surface area (Å²) < 4.78 is 0. The molecule has 4 rings (SSSR count). The van der Waals surface area contributed by atoms with E-state index in [-0.39, 0.29) is 28.7 Å².